The minimum atomic E-state index is -4.86. The van der Waals surface area contributed by atoms with Gasteiger partial charge in [-0.3, -0.25) is 0 Å². The Kier molecular flexibility index (Phi) is 3.76. The maximum Gasteiger partial charge on any atom is 0.422 e. The molecule has 0 amide bonds. The van der Waals surface area contributed by atoms with Crippen LogP contribution >= 0.6 is 11.6 Å². The van der Waals surface area contributed by atoms with Gasteiger partial charge in [-0.05, 0) is 31.0 Å². The molecule has 1 rings (SSSR count). The lowest BCUT2D eigenvalue weighted by Gasteiger charge is -2.34. The van der Waals surface area contributed by atoms with Crippen molar-refractivity contribution >= 4 is 11.6 Å². The molecule has 0 aliphatic carbocycles. The average molecular weight is 268 g/mol. The van der Waals surface area contributed by atoms with Crippen LogP contribution in [0.5, 0.6) is 0 Å². The van der Waals surface area contributed by atoms with Crippen LogP contribution < -0.4 is 5.73 Å². The Labute approximate surface area is 102 Å². The summed E-state index contributed by atoms with van der Waals surface area (Å²) in [7, 11) is 0. The van der Waals surface area contributed by atoms with Gasteiger partial charge in [-0.15, -0.1) is 0 Å². The van der Waals surface area contributed by atoms with Crippen molar-refractivity contribution in [1.29, 1.82) is 0 Å². The molecule has 0 aliphatic heterocycles. The average Bonchev–Trinajstić information content (AvgIpc) is 2.19. The standard InChI is InChI=1S/C11H13ClF3NO/c1-6-3-4-8(5-9(6)12)10(17,7(2)16)11(13,14)15/h3-5,7,17H,16H2,1-2H3. The van der Waals surface area contributed by atoms with Gasteiger partial charge in [-0.1, -0.05) is 23.7 Å². The van der Waals surface area contributed by atoms with Crippen LogP contribution in [0.1, 0.15) is 18.1 Å². The minimum absolute atomic E-state index is 0.158. The SMILES string of the molecule is Cc1ccc(C(O)(C(C)N)C(F)(F)F)cc1Cl. The fraction of sp³-hybridized carbons (Fsp3) is 0.455. The number of hydrogen-bond donors (Lipinski definition) is 2. The molecule has 0 spiro atoms. The van der Waals surface area contributed by atoms with E-state index in [1.807, 2.05) is 0 Å². The van der Waals surface area contributed by atoms with Crippen LogP contribution in [0.2, 0.25) is 5.02 Å². The molecule has 3 N–H and O–H groups in total. The van der Waals surface area contributed by atoms with E-state index in [-0.39, 0.29) is 10.6 Å². The Morgan fingerprint density at radius 3 is 2.24 bits per heavy atom. The first-order chi connectivity index (χ1) is 7.60. The third-order valence-corrected chi connectivity index (χ3v) is 3.11. The molecular formula is C11H13ClF3NO. The third-order valence-electron chi connectivity index (χ3n) is 2.70. The first-order valence-corrected chi connectivity index (χ1v) is 5.29. The van der Waals surface area contributed by atoms with Gasteiger partial charge in [0.15, 0.2) is 0 Å². The van der Waals surface area contributed by atoms with Gasteiger partial charge in [0.1, 0.15) is 0 Å². The first kappa shape index (κ1) is 14.3. The van der Waals surface area contributed by atoms with Gasteiger partial charge in [-0.2, -0.15) is 13.2 Å². The molecule has 0 aliphatic rings. The second kappa shape index (κ2) is 4.48. The van der Waals surface area contributed by atoms with Crippen molar-refractivity contribution in [3.8, 4) is 0 Å². The van der Waals surface area contributed by atoms with Crippen molar-refractivity contribution < 1.29 is 18.3 Å². The number of hydrogen-bond acceptors (Lipinski definition) is 2. The van der Waals surface area contributed by atoms with E-state index in [4.69, 9.17) is 17.3 Å². The van der Waals surface area contributed by atoms with Gasteiger partial charge >= 0.3 is 6.18 Å². The fourth-order valence-corrected chi connectivity index (χ4v) is 1.70. The Morgan fingerprint density at radius 1 is 1.35 bits per heavy atom. The van der Waals surface area contributed by atoms with Gasteiger partial charge in [-0.25, -0.2) is 0 Å². The van der Waals surface area contributed by atoms with Crippen LogP contribution in [-0.2, 0) is 5.60 Å². The van der Waals surface area contributed by atoms with Crippen LogP contribution in [0.3, 0.4) is 0 Å². The van der Waals surface area contributed by atoms with Crippen molar-refractivity contribution in [3.63, 3.8) is 0 Å². The Bertz CT molecular complexity index is 420. The van der Waals surface area contributed by atoms with Gasteiger partial charge in [0, 0.05) is 11.1 Å². The summed E-state index contributed by atoms with van der Waals surface area (Å²) in [6.45, 7) is 2.76. The largest absolute Gasteiger partial charge is 0.422 e. The maximum absolute atomic E-state index is 12.9. The Hall–Kier alpha value is -0.780. The first-order valence-electron chi connectivity index (χ1n) is 4.92. The molecule has 0 heterocycles. The second-order valence-corrected chi connectivity index (χ2v) is 4.42. The van der Waals surface area contributed by atoms with Crippen molar-refractivity contribution in [3.05, 3.63) is 34.3 Å². The molecule has 0 bridgehead atoms. The summed E-state index contributed by atoms with van der Waals surface area (Å²) in [5.74, 6) is 0. The summed E-state index contributed by atoms with van der Waals surface area (Å²) in [6.07, 6.45) is -4.86. The molecule has 0 saturated heterocycles. The number of halogens is 4. The van der Waals surface area contributed by atoms with E-state index in [1.165, 1.54) is 12.1 Å². The van der Waals surface area contributed by atoms with E-state index in [9.17, 15) is 18.3 Å². The van der Waals surface area contributed by atoms with Gasteiger partial charge in [0.2, 0.25) is 5.60 Å². The number of aryl methyl sites for hydroxylation is 1. The van der Waals surface area contributed by atoms with E-state index in [0.29, 0.717) is 5.56 Å². The highest BCUT2D eigenvalue weighted by Gasteiger charge is 2.57. The van der Waals surface area contributed by atoms with Gasteiger partial charge in [0.25, 0.3) is 0 Å². The number of nitrogens with two attached hydrogens (primary N) is 1. The smallest absolute Gasteiger partial charge is 0.375 e. The number of benzene rings is 1. The third kappa shape index (κ3) is 2.41. The van der Waals surface area contributed by atoms with E-state index in [2.05, 4.69) is 0 Å². The van der Waals surface area contributed by atoms with Crippen LogP contribution in [0.4, 0.5) is 13.2 Å². The quantitative estimate of drug-likeness (QED) is 0.865. The lowest BCUT2D eigenvalue weighted by molar-refractivity contribution is -0.272. The van der Waals surface area contributed by atoms with Gasteiger partial charge in [0.05, 0.1) is 0 Å². The Morgan fingerprint density at radius 2 is 1.88 bits per heavy atom. The summed E-state index contributed by atoms with van der Waals surface area (Å²) >= 11 is 5.76. The molecule has 0 fully saturated rings. The fourth-order valence-electron chi connectivity index (χ4n) is 1.51. The minimum Gasteiger partial charge on any atom is -0.375 e. The molecule has 0 radical (unpaired) electrons. The molecule has 1 aromatic carbocycles. The highest BCUT2D eigenvalue weighted by Crippen LogP contribution is 2.41. The topological polar surface area (TPSA) is 46.2 Å². The second-order valence-electron chi connectivity index (χ2n) is 4.02. The normalized spacial score (nSPS) is 17.6. The monoisotopic (exact) mass is 267 g/mol. The predicted octanol–water partition coefficient (Wildman–Crippen LogP) is 2.75. The molecule has 17 heavy (non-hydrogen) atoms. The molecule has 2 unspecified atom stereocenters. The molecule has 2 nitrogen and oxygen atoms in total. The van der Waals surface area contributed by atoms with Crippen LogP contribution in [-0.4, -0.2) is 17.3 Å². The van der Waals surface area contributed by atoms with Crippen molar-refractivity contribution in [2.45, 2.75) is 31.7 Å². The summed E-state index contributed by atoms with van der Waals surface area (Å²) < 4.78 is 38.7. The molecule has 1 aromatic rings. The summed E-state index contributed by atoms with van der Waals surface area (Å²) in [4.78, 5) is 0. The van der Waals surface area contributed by atoms with Crippen LogP contribution in [0.25, 0.3) is 0 Å². The zero-order valence-electron chi connectivity index (χ0n) is 9.35. The van der Waals surface area contributed by atoms with E-state index >= 15 is 0 Å². The molecule has 6 heteroatoms. The molecule has 2 atom stereocenters. The lowest BCUT2D eigenvalue weighted by Crippen LogP contribution is -2.54. The van der Waals surface area contributed by atoms with Crippen LogP contribution in [0, 0.1) is 6.92 Å². The van der Waals surface area contributed by atoms with Gasteiger partial charge < -0.3 is 10.8 Å². The zero-order chi connectivity index (χ0) is 13.4. The van der Waals surface area contributed by atoms with Crippen molar-refractivity contribution in [2.75, 3.05) is 0 Å². The molecule has 96 valence electrons. The highest BCUT2D eigenvalue weighted by molar-refractivity contribution is 6.31. The Balaban J connectivity index is 3.39. The predicted molar refractivity (Wildman–Crippen MR) is 59.8 cm³/mol. The van der Waals surface area contributed by atoms with Crippen molar-refractivity contribution in [1.82, 2.24) is 0 Å². The van der Waals surface area contributed by atoms with E-state index in [0.717, 1.165) is 13.0 Å². The zero-order valence-corrected chi connectivity index (χ0v) is 10.1. The lowest BCUT2D eigenvalue weighted by atomic mass is 9.86. The van der Waals surface area contributed by atoms with Crippen LogP contribution in [0.15, 0.2) is 18.2 Å². The number of alkyl halides is 3. The number of aliphatic hydroxyl groups is 1. The molecular weight excluding hydrogens is 255 g/mol. The van der Waals surface area contributed by atoms with E-state index < -0.39 is 17.8 Å². The molecule has 0 aromatic heterocycles. The highest BCUT2D eigenvalue weighted by atomic mass is 35.5. The molecule has 0 saturated carbocycles. The van der Waals surface area contributed by atoms with E-state index in [1.54, 1.807) is 6.92 Å². The maximum atomic E-state index is 12.9. The summed E-state index contributed by atoms with van der Waals surface area (Å²) in [6, 6.07) is 2.18. The summed E-state index contributed by atoms with van der Waals surface area (Å²) in [5.41, 5.74) is 2.45. The van der Waals surface area contributed by atoms with Crippen molar-refractivity contribution in [2.24, 2.45) is 5.73 Å². The summed E-state index contributed by atoms with van der Waals surface area (Å²) in [5, 5.41) is 9.96. The number of rotatable bonds is 2.